The molecule has 1 saturated heterocycles. The highest BCUT2D eigenvalue weighted by atomic mass is 35.5. The van der Waals surface area contributed by atoms with E-state index in [9.17, 15) is 4.79 Å². The minimum Gasteiger partial charge on any atom is -0.356 e. The molecule has 0 spiro atoms. The van der Waals surface area contributed by atoms with Gasteiger partial charge in [0.05, 0.1) is 22.3 Å². The van der Waals surface area contributed by atoms with E-state index in [-0.39, 0.29) is 11.8 Å². The number of nitrogens with one attached hydrogen (secondary N) is 1. The van der Waals surface area contributed by atoms with Crippen molar-refractivity contribution in [3.05, 3.63) is 59.1 Å². The highest BCUT2D eigenvalue weighted by Gasteiger charge is 2.27. The first kappa shape index (κ1) is 19.4. The zero-order chi connectivity index (χ0) is 20.4. The monoisotopic (exact) mass is 410 g/mol. The van der Waals surface area contributed by atoms with Crippen LogP contribution in [-0.2, 0) is 4.79 Å². The largest absolute Gasteiger partial charge is 0.356 e. The summed E-state index contributed by atoms with van der Waals surface area (Å²) in [5, 5.41) is 7.99. The molecule has 1 unspecified atom stereocenters. The van der Waals surface area contributed by atoms with Gasteiger partial charge in [0.2, 0.25) is 5.91 Å². The summed E-state index contributed by atoms with van der Waals surface area (Å²) in [6.07, 6.45) is 3.30. The third kappa shape index (κ3) is 4.24. The van der Waals surface area contributed by atoms with Gasteiger partial charge in [-0.3, -0.25) is 4.79 Å². The maximum atomic E-state index is 12.8. The zero-order valence-corrected chi connectivity index (χ0v) is 17.2. The fourth-order valence-corrected chi connectivity index (χ4v) is 3.87. The van der Waals surface area contributed by atoms with E-state index in [1.165, 1.54) is 0 Å². The Hall–Kier alpha value is -2.93. The van der Waals surface area contributed by atoms with E-state index in [0.29, 0.717) is 17.3 Å². The van der Waals surface area contributed by atoms with Gasteiger partial charge in [-0.2, -0.15) is 5.10 Å². The number of carbonyl (C=O) groups is 1. The Kier molecular flexibility index (Phi) is 5.49. The molecule has 150 valence electrons. The molecule has 7 nitrogen and oxygen atoms in total. The average Bonchev–Trinajstić information content (AvgIpc) is 3.08. The summed E-state index contributed by atoms with van der Waals surface area (Å²) >= 11 is 6.17. The maximum absolute atomic E-state index is 12.8. The lowest BCUT2D eigenvalue weighted by Gasteiger charge is -2.33. The molecule has 8 heteroatoms. The van der Waals surface area contributed by atoms with Crippen molar-refractivity contribution in [1.29, 1.82) is 0 Å². The van der Waals surface area contributed by atoms with Crippen LogP contribution in [0.2, 0.25) is 5.02 Å². The van der Waals surface area contributed by atoms with Crippen molar-refractivity contribution in [3.63, 3.8) is 0 Å². The second kappa shape index (κ2) is 8.21. The summed E-state index contributed by atoms with van der Waals surface area (Å²) in [5.41, 5.74) is 2.60. The van der Waals surface area contributed by atoms with Gasteiger partial charge in [0.15, 0.2) is 5.82 Å². The Balaban J connectivity index is 1.50. The third-order valence-corrected chi connectivity index (χ3v) is 5.44. The molecule has 0 aliphatic carbocycles. The van der Waals surface area contributed by atoms with E-state index in [1.807, 2.05) is 48.9 Å². The van der Waals surface area contributed by atoms with Crippen LogP contribution < -0.4 is 10.2 Å². The van der Waals surface area contributed by atoms with Crippen LogP contribution in [0, 0.1) is 19.8 Å². The van der Waals surface area contributed by atoms with Gasteiger partial charge in [-0.1, -0.05) is 23.7 Å². The molecular formula is C21H23ClN6O. The number of para-hydroxylation sites is 1. The SMILES string of the molecule is Cc1cc(C)n(-c2cc(N3CCCC(C(=O)Nc4ccccc4Cl)C3)ncn2)n1. The van der Waals surface area contributed by atoms with Gasteiger partial charge in [0.25, 0.3) is 0 Å². The number of rotatable bonds is 4. The van der Waals surface area contributed by atoms with Gasteiger partial charge in [-0.25, -0.2) is 14.6 Å². The lowest BCUT2D eigenvalue weighted by molar-refractivity contribution is -0.120. The minimum atomic E-state index is -0.132. The molecule has 1 aliphatic rings. The van der Waals surface area contributed by atoms with Gasteiger partial charge >= 0.3 is 0 Å². The number of halogens is 1. The smallest absolute Gasteiger partial charge is 0.229 e. The topological polar surface area (TPSA) is 75.9 Å². The molecule has 1 aromatic carbocycles. The Morgan fingerprint density at radius 1 is 1.17 bits per heavy atom. The molecule has 3 aromatic rings. The molecule has 0 saturated carbocycles. The number of nitrogens with zero attached hydrogens (tertiary/aromatic N) is 5. The molecule has 4 rings (SSSR count). The van der Waals surface area contributed by atoms with Crippen molar-refractivity contribution in [1.82, 2.24) is 19.7 Å². The second-order valence-corrected chi connectivity index (χ2v) is 7.73. The van der Waals surface area contributed by atoms with E-state index in [2.05, 4.69) is 25.3 Å². The second-order valence-electron chi connectivity index (χ2n) is 7.33. The molecule has 1 fully saturated rings. The molecule has 1 atom stereocenters. The van der Waals surface area contributed by atoms with Crippen LogP contribution >= 0.6 is 11.6 Å². The summed E-state index contributed by atoms with van der Waals surface area (Å²) < 4.78 is 1.81. The quantitative estimate of drug-likeness (QED) is 0.708. The van der Waals surface area contributed by atoms with E-state index >= 15 is 0 Å². The molecule has 3 heterocycles. The van der Waals surface area contributed by atoms with Crippen LogP contribution in [-0.4, -0.2) is 38.7 Å². The molecule has 2 aromatic heterocycles. The molecular weight excluding hydrogens is 388 g/mol. The summed E-state index contributed by atoms with van der Waals surface area (Å²) in [6.45, 7) is 5.41. The maximum Gasteiger partial charge on any atom is 0.229 e. The highest BCUT2D eigenvalue weighted by molar-refractivity contribution is 6.33. The van der Waals surface area contributed by atoms with Gasteiger partial charge in [-0.15, -0.1) is 0 Å². The minimum absolute atomic E-state index is 0.0179. The van der Waals surface area contributed by atoms with Crippen LogP contribution in [0.3, 0.4) is 0 Å². The zero-order valence-electron chi connectivity index (χ0n) is 16.5. The lowest BCUT2D eigenvalue weighted by Crippen LogP contribution is -2.41. The van der Waals surface area contributed by atoms with Crippen LogP contribution in [0.5, 0.6) is 0 Å². The van der Waals surface area contributed by atoms with Gasteiger partial charge in [0.1, 0.15) is 12.1 Å². The molecule has 1 N–H and O–H groups in total. The van der Waals surface area contributed by atoms with E-state index < -0.39 is 0 Å². The van der Waals surface area contributed by atoms with E-state index in [1.54, 1.807) is 12.4 Å². The molecule has 0 bridgehead atoms. The number of aryl methyl sites for hydroxylation is 2. The van der Waals surface area contributed by atoms with Gasteiger partial charge in [-0.05, 0) is 44.9 Å². The Morgan fingerprint density at radius 3 is 2.72 bits per heavy atom. The van der Waals surface area contributed by atoms with Crippen LogP contribution in [0.1, 0.15) is 24.2 Å². The number of hydrogen-bond acceptors (Lipinski definition) is 5. The van der Waals surface area contributed by atoms with E-state index in [0.717, 1.165) is 42.4 Å². The predicted molar refractivity (Wildman–Crippen MR) is 114 cm³/mol. The van der Waals surface area contributed by atoms with Crippen molar-refractivity contribution in [2.75, 3.05) is 23.3 Å². The number of amides is 1. The van der Waals surface area contributed by atoms with E-state index in [4.69, 9.17) is 11.6 Å². The lowest BCUT2D eigenvalue weighted by atomic mass is 9.97. The Labute approximate surface area is 174 Å². The number of carbonyl (C=O) groups excluding carboxylic acids is 1. The normalized spacial score (nSPS) is 16.7. The number of benzene rings is 1. The third-order valence-electron chi connectivity index (χ3n) is 5.11. The van der Waals surface area contributed by atoms with Gasteiger partial charge in [0, 0.05) is 24.8 Å². The predicted octanol–water partition coefficient (Wildman–Crippen LogP) is 3.79. The van der Waals surface area contributed by atoms with Crippen LogP contribution in [0.25, 0.3) is 5.82 Å². The highest BCUT2D eigenvalue weighted by Crippen LogP contribution is 2.26. The summed E-state index contributed by atoms with van der Waals surface area (Å²) in [4.78, 5) is 23.7. The number of piperidine rings is 1. The summed E-state index contributed by atoms with van der Waals surface area (Å²) in [6, 6.07) is 11.2. The molecule has 1 amide bonds. The van der Waals surface area contributed by atoms with Crippen molar-refractivity contribution >= 4 is 29.0 Å². The fraction of sp³-hybridized carbons (Fsp3) is 0.333. The Morgan fingerprint density at radius 2 is 1.97 bits per heavy atom. The average molecular weight is 411 g/mol. The van der Waals surface area contributed by atoms with Gasteiger partial charge < -0.3 is 10.2 Å². The first-order valence-corrected chi connectivity index (χ1v) is 10.0. The molecule has 1 aliphatic heterocycles. The van der Waals surface area contributed by atoms with Crippen LogP contribution in [0.15, 0.2) is 42.7 Å². The van der Waals surface area contributed by atoms with Crippen molar-refractivity contribution in [2.45, 2.75) is 26.7 Å². The van der Waals surface area contributed by atoms with Crippen LogP contribution in [0.4, 0.5) is 11.5 Å². The number of hydrogen-bond donors (Lipinski definition) is 1. The Bertz CT molecular complexity index is 1030. The fourth-order valence-electron chi connectivity index (χ4n) is 3.68. The molecule has 0 radical (unpaired) electrons. The number of anilines is 2. The number of aromatic nitrogens is 4. The molecule has 29 heavy (non-hydrogen) atoms. The van der Waals surface area contributed by atoms with Crippen molar-refractivity contribution in [3.8, 4) is 5.82 Å². The van der Waals surface area contributed by atoms with Crippen molar-refractivity contribution in [2.24, 2.45) is 5.92 Å². The first-order valence-electron chi connectivity index (χ1n) is 9.67. The first-order chi connectivity index (χ1) is 14.0. The summed E-state index contributed by atoms with van der Waals surface area (Å²) in [7, 11) is 0. The van der Waals surface area contributed by atoms with Crippen molar-refractivity contribution < 1.29 is 4.79 Å². The summed E-state index contributed by atoms with van der Waals surface area (Å²) in [5.74, 6) is 1.38. The standard InChI is InChI=1S/C21H23ClN6O/c1-14-10-15(2)28(26-14)20-11-19(23-13-24-20)27-9-5-6-16(12-27)21(29)25-18-8-4-3-7-17(18)22/h3-4,7-8,10-11,13,16H,5-6,9,12H2,1-2H3,(H,25,29).